The van der Waals surface area contributed by atoms with E-state index in [4.69, 9.17) is 6.42 Å². The topological polar surface area (TPSA) is 69.7 Å². The monoisotopic (exact) mass is 451 g/mol. The molecule has 1 amide bonds. The molecule has 1 aliphatic rings. The van der Waals surface area contributed by atoms with E-state index in [0.29, 0.717) is 31.9 Å². The highest BCUT2D eigenvalue weighted by Crippen LogP contribution is 2.32. The minimum atomic E-state index is -4.42. The van der Waals surface area contributed by atoms with E-state index in [1.807, 2.05) is 0 Å². The Labute approximate surface area is 178 Å². The van der Waals surface area contributed by atoms with E-state index in [1.165, 1.54) is 30.3 Å². The predicted octanol–water partition coefficient (Wildman–Crippen LogP) is 2.58. The lowest BCUT2D eigenvalue weighted by Gasteiger charge is -2.36. The van der Waals surface area contributed by atoms with Crippen LogP contribution in [-0.4, -0.2) is 51.9 Å². The number of carbonyl (C=O) groups is 1. The lowest BCUT2D eigenvalue weighted by molar-refractivity contribution is -0.137. The van der Waals surface area contributed by atoms with Gasteiger partial charge in [0.15, 0.2) is 0 Å². The van der Waals surface area contributed by atoms with Gasteiger partial charge in [-0.15, -0.1) is 6.42 Å². The van der Waals surface area contributed by atoms with E-state index in [-0.39, 0.29) is 22.9 Å². The van der Waals surface area contributed by atoms with Crippen molar-refractivity contribution < 1.29 is 26.4 Å². The van der Waals surface area contributed by atoms with Gasteiger partial charge in [-0.25, -0.2) is 8.42 Å². The highest BCUT2D eigenvalue weighted by atomic mass is 32.2. The van der Waals surface area contributed by atoms with Crippen LogP contribution in [0.15, 0.2) is 53.4 Å². The zero-order valence-electron chi connectivity index (χ0n) is 16.4. The fourth-order valence-corrected chi connectivity index (χ4v) is 4.23. The normalized spacial score (nSPS) is 14.9. The van der Waals surface area contributed by atoms with Crippen molar-refractivity contribution in [2.75, 3.05) is 37.6 Å². The first kappa shape index (κ1) is 22.7. The molecule has 0 unspecified atom stereocenters. The average molecular weight is 451 g/mol. The minimum Gasteiger partial charge on any atom is -0.368 e. The van der Waals surface area contributed by atoms with Crippen LogP contribution >= 0.6 is 0 Å². The number of hydrogen-bond acceptors (Lipinski definition) is 4. The number of alkyl halides is 3. The van der Waals surface area contributed by atoms with E-state index in [9.17, 15) is 26.4 Å². The summed E-state index contributed by atoms with van der Waals surface area (Å²) in [5.41, 5.74) is -0.0781. The second kappa shape index (κ2) is 8.99. The lowest BCUT2D eigenvalue weighted by Crippen LogP contribution is -2.48. The lowest BCUT2D eigenvalue weighted by atomic mass is 10.1. The third kappa shape index (κ3) is 5.37. The van der Waals surface area contributed by atoms with Crippen LogP contribution in [0.4, 0.5) is 18.9 Å². The highest BCUT2D eigenvalue weighted by molar-refractivity contribution is 7.89. The molecular weight excluding hydrogens is 431 g/mol. The Hall–Kier alpha value is -3.03. The molecule has 1 N–H and O–H groups in total. The summed E-state index contributed by atoms with van der Waals surface area (Å²) in [6.45, 7) is 1.13. The van der Waals surface area contributed by atoms with Crippen molar-refractivity contribution >= 4 is 21.6 Å². The summed E-state index contributed by atoms with van der Waals surface area (Å²) in [6, 6.07) is 10.7. The van der Waals surface area contributed by atoms with Gasteiger partial charge in [0.05, 0.1) is 17.0 Å². The Morgan fingerprint density at radius 2 is 1.74 bits per heavy atom. The number of nitrogens with one attached hydrogen (secondary N) is 1. The molecule has 1 aliphatic heterocycles. The first-order valence-corrected chi connectivity index (χ1v) is 10.8. The molecule has 0 atom stereocenters. The molecule has 31 heavy (non-hydrogen) atoms. The van der Waals surface area contributed by atoms with Crippen LogP contribution in [0.2, 0.25) is 0 Å². The second-order valence-electron chi connectivity index (χ2n) is 6.88. The zero-order chi connectivity index (χ0) is 22.6. The van der Waals surface area contributed by atoms with Gasteiger partial charge in [-0.1, -0.05) is 18.1 Å². The number of terminal acetylenes is 1. The van der Waals surface area contributed by atoms with Gasteiger partial charge in [-0.2, -0.15) is 17.9 Å². The van der Waals surface area contributed by atoms with Crippen molar-refractivity contribution in [3.05, 3.63) is 59.7 Å². The summed E-state index contributed by atoms with van der Waals surface area (Å²) >= 11 is 0. The molecule has 0 aromatic heterocycles. The first-order chi connectivity index (χ1) is 14.6. The second-order valence-corrected chi connectivity index (χ2v) is 8.65. The first-order valence-electron chi connectivity index (χ1n) is 9.36. The van der Waals surface area contributed by atoms with Crippen molar-refractivity contribution in [2.45, 2.75) is 11.1 Å². The van der Waals surface area contributed by atoms with Crippen molar-refractivity contribution in [2.24, 2.45) is 0 Å². The molecule has 0 bridgehead atoms. The summed E-state index contributed by atoms with van der Waals surface area (Å²) < 4.78 is 65.5. The van der Waals surface area contributed by atoms with Crippen LogP contribution in [-0.2, 0) is 16.2 Å². The molecule has 0 aliphatic carbocycles. The molecule has 2 aromatic rings. The molecule has 0 spiro atoms. The highest BCUT2D eigenvalue weighted by Gasteiger charge is 2.31. The quantitative estimate of drug-likeness (QED) is 0.710. The molecule has 1 heterocycles. The standard InChI is InChI=1S/C21H20F3N3O3S/c1-2-9-25-31(29,30)19-8-3-5-16(14-19)20(28)27-12-10-26(11-13-27)18-7-4-6-17(15-18)21(22,23)24/h1,3-8,14-15,25H,9-13H2. The largest absolute Gasteiger partial charge is 0.416 e. The number of benzene rings is 2. The summed E-state index contributed by atoms with van der Waals surface area (Å²) in [4.78, 5) is 16.1. The van der Waals surface area contributed by atoms with Crippen LogP contribution in [0, 0.1) is 12.3 Å². The Morgan fingerprint density at radius 1 is 1.06 bits per heavy atom. The third-order valence-electron chi connectivity index (χ3n) is 4.86. The van der Waals surface area contributed by atoms with E-state index in [0.717, 1.165) is 12.1 Å². The van der Waals surface area contributed by atoms with E-state index < -0.39 is 21.8 Å². The van der Waals surface area contributed by atoms with E-state index in [1.54, 1.807) is 15.9 Å². The van der Waals surface area contributed by atoms with Crippen molar-refractivity contribution in [1.82, 2.24) is 9.62 Å². The van der Waals surface area contributed by atoms with Gasteiger partial charge in [0.1, 0.15) is 0 Å². The van der Waals surface area contributed by atoms with Crippen LogP contribution in [0.1, 0.15) is 15.9 Å². The number of rotatable bonds is 5. The number of anilines is 1. The molecule has 2 aromatic carbocycles. The van der Waals surface area contributed by atoms with Crippen molar-refractivity contribution in [1.29, 1.82) is 0 Å². The predicted molar refractivity (Wildman–Crippen MR) is 110 cm³/mol. The number of sulfonamides is 1. The number of piperazine rings is 1. The summed E-state index contributed by atoms with van der Waals surface area (Å²) in [5, 5.41) is 0. The van der Waals surface area contributed by atoms with E-state index >= 15 is 0 Å². The van der Waals surface area contributed by atoms with Crippen LogP contribution < -0.4 is 9.62 Å². The van der Waals surface area contributed by atoms with Crippen LogP contribution in [0.5, 0.6) is 0 Å². The number of amides is 1. The molecule has 0 radical (unpaired) electrons. The molecule has 0 saturated carbocycles. The molecular formula is C21H20F3N3O3S. The summed E-state index contributed by atoms with van der Waals surface area (Å²) in [7, 11) is -3.83. The Bertz CT molecular complexity index is 1100. The molecule has 6 nitrogen and oxygen atoms in total. The Morgan fingerprint density at radius 3 is 2.39 bits per heavy atom. The SMILES string of the molecule is C#CCNS(=O)(=O)c1cccc(C(=O)N2CCN(c3cccc(C(F)(F)F)c3)CC2)c1. The molecule has 3 rings (SSSR count). The van der Waals surface area contributed by atoms with Crippen molar-refractivity contribution in [3.8, 4) is 12.3 Å². The van der Waals surface area contributed by atoms with Gasteiger partial charge in [0, 0.05) is 37.4 Å². The number of nitrogens with zero attached hydrogens (tertiary/aromatic N) is 2. The Kier molecular flexibility index (Phi) is 6.57. The van der Waals surface area contributed by atoms with Gasteiger partial charge >= 0.3 is 6.18 Å². The van der Waals surface area contributed by atoms with Gasteiger partial charge in [-0.05, 0) is 36.4 Å². The maximum Gasteiger partial charge on any atom is 0.416 e. The Balaban J connectivity index is 1.69. The number of carbonyl (C=O) groups excluding carboxylic acids is 1. The van der Waals surface area contributed by atoms with Gasteiger partial charge in [0.25, 0.3) is 5.91 Å². The number of halogens is 3. The summed E-state index contributed by atoms with van der Waals surface area (Å²) in [6.07, 6.45) is 0.652. The molecule has 164 valence electrons. The molecule has 1 fully saturated rings. The fourth-order valence-electron chi connectivity index (χ4n) is 3.25. The smallest absolute Gasteiger partial charge is 0.368 e. The fraction of sp³-hybridized carbons (Fsp3) is 0.286. The van der Waals surface area contributed by atoms with Crippen molar-refractivity contribution in [3.63, 3.8) is 0 Å². The maximum atomic E-state index is 12.9. The van der Waals surface area contributed by atoms with E-state index in [2.05, 4.69) is 10.6 Å². The average Bonchev–Trinajstić information content (AvgIpc) is 2.77. The van der Waals surface area contributed by atoms with Crippen LogP contribution in [0.3, 0.4) is 0 Å². The zero-order valence-corrected chi connectivity index (χ0v) is 17.2. The minimum absolute atomic E-state index is 0.0730. The van der Waals surface area contributed by atoms with Gasteiger partial charge < -0.3 is 9.80 Å². The van der Waals surface area contributed by atoms with Gasteiger partial charge in [0.2, 0.25) is 10.0 Å². The van der Waals surface area contributed by atoms with Crippen LogP contribution in [0.25, 0.3) is 0 Å². The maximum absolute atomic E-state index is 12.9. The van der Waals surface area contributed by atoms with Gasteiger partial charge in [-0.3, -0.25) is 4.79 Å². The number of hydrogen-bond donors (Lipinski definition) is 1. The molecule has 10 heteroatoms. The summed E-state index contributed by atoms with van der Waals surface area (Å²) in [5.74, 6) is 1.83. The molecule has 1 saturated heterocycles. The third-order valence-corrected chi connectivity index (χ3v) is 6.26.